The molecule has 1 saturated heterocycles. The third kappa shape index (κ3) is 4.02. The van der Waals surface area contributed by atoms with Crippen molar-refractivity contribution < 1.29 is 32.3 Å². The van der Waals surface area contributed by atoms with Crippen molar-refractivity contribution in [3.63, 3.8) is 0 Å². The molecule has 218 valence electrons. The van der Waals surface area contributed by atoms with E-state index in [1.54, 1.807) is 0 Å². The molecular weight excluding hydrogens is 545 g/mol. The summed E-state index contributed by atoms with van der Waals surface area (Å²) in [4.78, 5) is 28.0. The summed E-state index contributed by atoms with van der Waals surface area (Å²) in [7, 11) is -4.70. The largest absolute Gasteiger partial charge is 0.469 e. The molecule has 0 N–H and O–H groups in total. The van der Waals surface area contributed by atoms with Crippen LogP contribution in [0.25, 0.3) is 0 Å². The second-order valence-electron chi connectivity index (χ2n) is 15.7. The van der Waals surface area contributed by atoms with Crippen LogP contribution in [-0.2, 0) is 32.3 Å². The number of rotatable bonds is 7. The zero-order valence-electron chi connectivity index (χ0n) is 25.7. The van der Waals surface area contributed by atoms with Crippen molar-refractivity contribution >= 4 is 36.9 Å². The van der Waals surface area contributed by atoms with Crippen molar-refractivity contribution in [2.75, 3.05) is 7.11 Å². The van der Waals surface area contributed by atoms with Gasteiger partial charge in [-0.2, -0.15) is 0 Å². The molecule has 4 fully saturated rings. The maximum atomic E-state index is 14.1. The van der Waals surface area contributed by atoms with Gasteiger partial charge >= 0.3 is 11.9 Å². The highest BCUT2D eigenvalue weighted by molar-refractivity contribution is 6.70. The van der Waals surface area contributed by atoms with Gasteiger partial charge in [0.2, 0.25) is 0 Å². The lowest BCUT2D eigenvalue weighted by Gasteiger charge is -2.48. The molecule has 0 aromatic rings. The number of carbonyl (C=O) groups is 2. The van der Waals surface area contributed by atoms with Crippen molar-refractivity contribution in [3.8, 4) is 0 Å². The summed E-state index contributed by atoms with van der Waals surface area (Å²) < 4.78 is 32.8. The molecule has 4 bridgehead atoms. The lowest BCUT2D eigenvalue weighted by atomic mass is 9.60. The first-order chi connectivity index (χ1) is 17.7. The molecule has 0 aromatic carbocycles. The molecule has 0 radical (unpaired) electrons. The Morgan fingerprint density at radius 2 is 1.64 bits per heavy atom. The summed E-state index contributed by atoms with van der Waals surface area (Å²) in [5.74, 6) is -1.75. The van der Waals surface area contributed by atoms with Crippen LogP contribution >= 0.6 is 0 Å². The Balaban J connectivity index is 1.75. The van der Waals surface area contributed by atoms with Crippen molar-refractivity contribution in [1.29, 1.82) is 0 Å². The number of carbonyl (C=O) groups excluding carboxylic acids is 2. The Morgan fingerprint density at radius 3 is 2.18 bits per heavy atom. The van der Waals surface area contributed by atoms with E-state index in [9.17, 15) is 9.59 Å². The Kier molecular flexibility index (Phi) is 6.42. The van der Waals surface area contributed by atoms with E-state index in [0.29, 0.717) is 6.42 Å². The predicted molar refractivity (Wildman–Crippen MR) is 158 cm³/mol. The molecule has 10 heteroatoms. The Hall–Kier alpha value is -1.05. The minimum atomic E-state index is -2.11. The highest BCUT2D eigenvalue weighted by Crippen LogP contribution is 2.78. The van der Waals surface area contributed by atoms with Gasteiger partial charge < -0.3 is 22.8 Å². The van der Waals surface area contributed by atoms with Gasteiger partial charge in [-0.1, -0.05) is 12.7 Å². The molecule has 7 nitrogen and oxygen atoms in total. The average molecular weight is 593 g/mol. The molecule has 0 aromatic heterocycles. The van der Waals surface area contributed by atoms with Crippen LogP contribution in [0, 0.1) is 28.6 Å². The van der Waals surface area contributed by atoms with Crippen LogP contribution in [0.3, 0.4) is 0 Å². The Morgan fingerprint density at radius 1 is 1.03 bits per heavy atom. The van der Waals surface area contributed by atoms with Gasteiger partial charge in [0.25, 0.3) is 0 Å². The normalized spacial score (nSPS) is 44.7. The monoisotopic (exact) mass is 592 g/mol. The summed E-state index contributed by atoms with van der Waals surface area (Å²) in [5.41, 5.74) is -2.21. The first kappa shape index (κ1) is 29.4. The number of hydrogen-bond donors (Lipinski definition) is 0. The summed E-state index contributed by atoms with van der Waals surface area (Å²) in [5, 5.41) is 0. The van der Waals surface area contributed by atoms with Gasteiger partial charge in [-0.15, -0.1) is 0 Å². The number of fused-ring (bicyclic) bond motifs is 1. The average Bonchev–Trinajstić information content (AvgIpc) is 3.18. The van der Waals surface area contributed by atoms with E-state index in [1.807, 2.05) is 13.0 Å². The molecule has 39 heavy (non-hydrogen) atoms. The highest BCUT2D eigenvalue weighted by atomic mass is 28.4. The number of esters is 2. The van der Waals surface area contributed by atoms with E-state index in [4.69, 9.17) is 22.8 Å². The maximum absolute atomic E-state index is 14.1. The zero-order chi connectivity index (χ0) is 29.2. The number of methoxy groups -OCH3 is 1. The molecule has 1 heterocycles. The Labute approximate surface area is 237 Å². The van der Waals surface area contributed by atoms with Gasteiger partial charge in [0.05, 0.1) is 30.8 Å². The standard InChI is InChI=1S/C29H48O7Si3/c1-18-23(35-38(7,8)9)28-17-27(18,36-39(10,11)12)15-13-19(28)29-16-14-20(34-37(4,5)6)26(2,25(31)33-29)22(29)21(28)24(30)32-3/h14,16,19-23H,1,13,15,17H2,2-12H3/t19?,20-,21?,22?,23-,26?,27-,28+,29+/m0/s1. The van der Waals surface area contributed by atoms with Gasteiger partial charge in [-0.3, -0.25) is 9.59 Å². The molecule has 3 saturated carbocycles. The molecule has 4 unspecified atom stereocenters. The fraction of sp³-hybridized carbons (Fsp3) is 0.793. The highest BCUT2D eigenvalue weighted by Gasteiger charge is 2.86. The minimum absolute atomic E-state index is 0.118. The predicted octanol–water partition coefficient (Wildman–Crippen LogP) is 5.66. The Bertz CT molecular complexity index is 1130. The third-order valence-electron chi connectivity index (χ3n) is 9.80. The lowest BCUT2D eigenvalue weighted by molar-refractivity contribution is -0.167. The van der Waals surface area contributed by atoms with Gasteiger partial charge in [0.15, 0.2) is 25.0 Å². The first-order valence-corrected chi connectivity index (χ1v) is 24.7. The first-order valence-electron chi connectivity index (χ1n) is 14.4. The third-order valence-corrected chi connectivity index (χ3v) is 12.7. The van der Waals surface area contributed by atoms with E-state index in [1.165, 1.54) is 7.11 Å². The smallest absolute Gasteiger partial charge is 0.316 e. The van der Waals surface area contributed by atoms with Gasteiger partial charge in [0.1, 0.15) is 11.0 Å². The van der Waals surface area contributed by atoms with E-state index in [2.05, 4.69) is 71.6 Å². The van der Waals surface area contributed by atoms with Crippen molar-refractivity contribution in [2.24, 2.45) is 28.6 Å². The molecule has 1 aliphatic heterocycles. The van der Waals surface area contributed by atoms with E-state index >= 15 is 0 Å². The van der Waals surface area contributed by atoms with Crippen LogP contribution in [0.5, 0.6) is 0 Å². The number of ether oxygens (including phenoxy) is 2. The topological polar surface area (TPSA) is 80.3 Å². The SMILES string of the molecule is C=C1[C@H](O[Si](C)(C)C)[C@]23C[C@@]1(O[Si](C)(C)C)CCC2[C@@]12C=C[C@H](O[Si](C)(C)C)C(C)(C(=O)O1)C2C3C(=O)OC. The minimum Gasteiger partial charge on any atom is -0.469 e. The van der Waals surface area contributed by atoms with E-state index in [-0.39, 0.29) is 24.0 Å². The summed E-state index contributed by atoms with van der Waals surface area (Å²) in [6, 6.07) is 0. The molecular formula is C29H48O7Si3. The van der Waals surface area contributed by atoms with Crippen LogP contribution in [0.15, 0.2) is 24.3 Å². The summed E-state index contributed by atoms with van der Waals surface area (Å²) in [6.07, 6.45) is 5.42. The van der Waals surface area contributed by atoms with Crippen molar-refractivity contribution in [3.05, 3.63) is 24.3 Å². The van der Waals surface area contributed by atoms with Gasteiger partial charge in [-0.05, 0) is 96.8 Å². The van der Waals surface area contributed by atoms with E-state index < -0.39 is 64.9 Å². The van der Waals surface area contributed by atoms with Crippen molar-refractivity contribution in [2.45, 2.75) is 109 Å². The number of hydrogen-bond acceptors (Lipinski definition) is 7. The summed E-state index contributed by atoms with van der Waals surface area (Å²) in [6.45, 7) is 26.1. The maximum Gasteiger partial charge on any atom is 0.316 e. The molecule has 4 aliphatic carbocycles. The van der Waals surface area contributed by atoms with Crippen LogP contribution in [0.1, 0.15) is 26.2 Å². The molecule has 9 atom stereocenters. The lowest BCUT2D eigenvalue weighted by Crippen LogP contribution is -2.55. The molecule has 5 aliphatic rings. The second kappa shape index (κ2) is 8.50. The van der Waals surface area contributed by atoms with Crippen LogP contribution in [0.4, 0.5) is 0 Å². The van der Waals surface area contributed by atoms with Crippen molar-refractivity contribution in [1.82, 2.24) is 0 Å². The summed E-state index contributed by atoms with van der Waals surface area (Å²) >= 11 is 0. The van der Waals surface area contributed by atoms with Crippen LogP contribution < -0.4 is 0 Å². The molecule has 1 spiro atoms. The molecule has 5 rings (SSSR count). The fourth-order valence-electron chi connectivity index (χ4n) is 9.02. The van der Waals surface area contributed by atoms with Crippen LogP contribution in [-0.4, -0.2) is 67.4 Å². The van der Waals surface area contributed by atoms with Gasteiger partial charge in [0, 0.05) is 17.3 Å². The zero-order valence-corrected chi connectivity index (χ0v) is 28.7. The van der Waals surface area contributed by atoms with Crippen LogP contribution in [0.2, 0.25) is 58.9 Å². The fourth-order valence-corrected chi connectivity index (χ4v) is 12.6. The molecule has 0 amide bonds. The van der Waals surface area contributed by atoms with E-state index in [0.717, 1.165) is 18.4 Å². The second-order valence-corrected chi connectivity index (χ2v) is 29.1. The quantitative estimate of drug-likeness (QED) is 0.214. The van der Waals surface area contributed by atoms with Gasteiger partial charge in [-0.25, -0.2) is 0 Å².